The molecule has 1 aromatic carbocycles. The number of carbonyl (C=O) groups excluding carboxylic acids is 6. The minimum absolute atomic E-state index is 0.121. The van der Waals surface area contributed by atoms with Gasteiger partial charge in [-0.1, -0.05) is 53.2 Å². The third kappa shape index (κ3) is 13.0. The number of amides is 7. The van der Waals surface area contributed by atoms with Crippen molar-refractivity contribution in [2.24, 2.45) is 17.1 Å². The Morgan fingerprint density at radius 2 is 1.50 bits per heavy atom. The standard InChI is InChI=1S/C32H48N6O6/c1-21(2)28(37-25(39)11-7-6-8-19-38-26(40)16-17-27(38)41)30(43)36-24(10-9-18-34-31(33)44)29(42)35-23-14-12-22(13-15-23)20-32(3,4)5/h12-17,21,24,28H,6-11,18-20H2,1-5H3,(H,35,42)(H,36,43)(H,37,39)(H3,33,34,44)/t24-,28?/m1/s1. The second-order valence-electron chi connectivity index (χ2n) is 12.7. The van der Waals surface area contributed by atoms with Crippen LogP contribution in [0.1, 0.15) is 78.7 Å². The summed E-state index contributed by atoms with van der Waals surface area (Å²) in [4.78, 5) is 74.8. The molecule has 0 spiro atoms. The second-order valence-corrected chi connectivity index (χ2v) is 12.7. The minimum atomic E-state index is -0.921. The molecule has 0 radical (unpaired) electrons. The van der Waals surface area contributed by atoms with Crippen LogP contribution in [0.3, 0.4) is 0 Å². The van der Waals surface area contributed by atoms with Crippen molar-refractivity contribution in [2.75, 3.05) is 18.4 Å². The Bertz CT molecular complexity index is 1190. The summed E-state index contributed by atoms with van der Waals surface area (Å²) >= 11 is 0. The van der Waals surface area contributed by atoms with Gasteiger partial charge in [-0.2, -0.15) is 0 Å². The van der Waals surface area contributed by atoms with Gasteiger partial charge in [-0.15, -0.1) is 0 Å². The van der Waals surface area contributed by atoms with Crippen LogP contribution in [0.5, 0.6) is 0 Å². The summed E-state index contributed by atoms with van der Waals surface area (Å²) in [6, 6.07) is 5.08. The molecular weight excluding hydrogens is 564 g/mol. The average molecular weight is 613 g/mol. The third-order valence-corrected chi connectivity index (χ3v) is 7.01. The number of hydrogen-bond donors (Lipinski definition) is 5. The average Bonchev–Trinajstić information content (AvgIpc) is 3.25. The highest BCUT2D eigenvalue weighted by Crippen LogP contribution is 2.22. The highest BCUT2D eigenvalue weighted by molar-refractivity contribution is 6.12. The van der Waals surface area contributed by atoms with Crippen LogP contribution >= 0.6 is 0 Å². The first-order chi connectivity index (χ1) is 20.7. The number of primary amides is 1. The lowest BCUT2D eigenvalue weighted by Gasteiger charge is -2.25. The SMILES string of the molecule is CC(C)C(NC(=O)CCCCCN1C(=O)C=CC1=O)C(=O)N[C@H](CCCNC(N)=O)C(=O)Nc1ccc(CC(C)(C)C)cc1. The molecule has 242 valence electrons. The van der Waals surface area contributed by atoms with Crippen LogP contribution in [0.4, 0.5) is 10.5 Å². The summed E-state index contributed by atoms with van der Waals surface area (Å²) in [6.45, 7) is 10.6. The van der Waals surface area contributed by atoms with E-state index in [1.54, 1.807) is 13.8 Å². The summed E-state index contributed by atoms with van der Waals surface area (Å²) in [5, 5.41) is 10.9. The van der Waals surface area contributed by atoms with E-state index in [-0.39, 0.29) is 48.4 Å². The van der Waals surface area contributed by atoms with Gasteiger partial charge < -0.3 is 27.0 Å². The molecule has 1 aromatic rings. The van der Waals surface area contributed by atoms with Crippen LogP contribution in [0.15, 0.2) is 36.4 Å². The molecule has 0 bridgehead atoms. The molecule has 44 heavy (non-hydrogen) atoms. The molecule has 7 amide bonds. The molecule has 1 unspecified atom stereocenters. The number of nitrogens with zero attached hydrogens (tertiary/aromatic N) is 1. The molecule has 12 heteroatoms. The monoisotopic (exact) mass is 612 g/mol. The smallest absolute Gasteiger partial charge is 0.312 e. The highest BCUT2D eigenvalue weighted by Gasteiger charge is 2.29. The Kier molecular flexibility index (Phi) is 14.0. The van der Waals surface area contributed by atoms with Gasteiger partial charge >= 0.3 is 6.03 Å². The molecule has 0 aliphatic carbocycles. The fraction of sp³-hybridized carbons (Fsp3) is 0.562. The number of benzene rings is 1. The second kappa shape index (κ2) is 17.2. The Morgan fingerprint density at radius 3 is 2.07 bits per heavy atom. The zero-order chi connectivity index (χ0) is 32.9. The van der Waals surface area contributed by atoms with Crippen LogP contribution in [0.2, 0.25) is 0 Å². The largest absolute Gasteiger partial charge is 0.352 e. The molecule has 12 nitrogen and oxygen atoms in total. The van der Waals surface area contributed by atoms with Crippen molar-refractivity contribution in [3.8, 4) is 0 Å². The van der Waals surface area contributed by atoms with E-state index in [0.717, 1.165) is 16.9 Å². The van der Waals surface area contributed by atoms with Crippen LogP contribution in [0.25, 0.3) is 0 Å². The van der Waals surface area contributed by atoms with E-state index in [4.69, 9.17) is 5.73 Å². The molecule has 1 aliphatic rings. The molecular formula is C32H48N6O6. The van der Waals surface area contributed by atoms with E-state index in [0.29, 0.717) is 37.9 Å². The Labute approximate surface area is 259 Å². The molecule has 2 rings (SSSR count). The topological polar surface area (TPSA) is 180 Å². The van der Waals surface area contributed by atoms with Gasteiger partial charge in [0, 0.05) is 37.3 Å². The van der Waals surface area contributed by atoms with Gasteiger partial charge in [0.05, 0.1) is 0 Å². The molecule has 2 atom stereocenters. The van der Waals surface area contributed by atoms with E-state index in [9.17, 15) is 28.8 Å². The van der Waals surface area contributed by atoms with Gasteiger partial charge in [0.2, 0.25) is 17.7 Å². The minimum Gasteiger partial charge on any atom is -0.352 e. The van der Waals surface area contributed by atoms with E-state index in [2.05, 4.69) is 42.0 Å². The fourth-order valence-corrected chi connectivity index (χ4v) is 4.76. The van der Waals surface area contributed by atoms with Crippen molar-refractivity contribution in [1.29, 1.82) is 0 Å². The number of imide groups is 1. The van der Waals surface area contributed by atoms with Gasteiger partial charge in [0.25, 0.3) is 11.8 Å². The van der Waals surface area contributed by atoms with E-state index < -0.39 is 29.9 Å². The third-order valence-electron chi connectivity index (χ3n) is 7.01. The van der Waals surface area contributed by atoms with Crippen molar-refractivity contribution in [1.82, 2.24) is 20.9 Å². The predicted octanol–water partition coefficient (Wildman–Crippen LogP) is 2.77. The summed E-state index contributed by atoms with van der Waals surface area (Å²) in [5.41, 5.74) is 6.99. The van der Waals surface area contributed by atoms with Crippen molar-refractivity contribution in [2.45, 2.75) is 91.6 Å². The van der Waals surface area contributed by atoms with Crippen molar-refractivity contribution in [3.05, 3.63) is 42.0 Å². The van der Waals surface area contributed by atoms with Gasteiger partial charge in [0.15, 0.2) is 0 Å². The molecule has 0 fully saturated rings. The Hall–Kier alpha value is -4.22. The van der Waals surface area contributed by atoms with E-state index >= 15 is 0 Å². The first-order valence-electron chi connectivity index (χ1n) is 15.2. The maximum Gasteiger partial charge on any atom is 0.312 e. The van der Waals surface area contributed by atoms with Crippen LogP contribution < -0.4 is 27.0 Å². The maximum atomic E-state index is 13.3. The normalized spacial score (nSPS) is 14.4. The Morgan fingerprint density at radius 1 is 0.864 bits per heavy atom. The van der Waals surface area contributed by atoms with Crippen molar-refractivity contribution < 1.29 is 28.8 Å². The summed E-state index contributed by atoms with van der Waals surface area (Å²) in [5.74, 6) is -2.13. The van der Waals surface area contributed by atoms with Crippen LogP contribution in [-0.4, -0.2) is 65.6 Å². The fourth-order valence-electron chi connectivity index (χ4n) is 4.76. The number of urea groups is 1. The van der Waals surface area contributed by atoms with Crippen LogP contribution in [0, 0.1) is 11.3 Å². The number of hydrogen-bond acceptors (Lipinski definition) is 6. The molecule has 1 aliphatic heterocycles. The molecule has 0 saturated carbocycles. The summed E-state index contributed by atoms with van der Waals surface area (Å²) in [7, 11) is 0. The van der Waals surface area contributed by atoms with Gasteiger partial charge in [-0.25, -0.2) is 4.79 Å². The summed E-state index contributed by atoms with van der Waals surface area (Å²) in [6.07, 6.45) is 5.87. The molecule has 6 N–H and O–H groups in total. The number of nitrogens with two attached hydrogens (primary N) is 1. The zero-order valence-electron chi connectivity index (χ0n) is 26.5. The van der Waals surface area contributed by atoms with Crippen molar-refractivity contribution in [3.63, 3.8) is 0 Å². The number of carbonyl (C=O) groups is 6. The van der Waals surface area contributed by atoms with Gasteiger partial charge in [0.1, 0.15) is 12.1 Å². The number of anilines is 1. The van der Waals surface area contributed by atoms with E-state index in [1.807, 2.05) is 24.3 Å². The molecule has 0 aromatic heterocycles. The van der Waals surface area contributed by atoms with Gasteiger partial charge in [-0.05, 0) is 61.1 Å². The number of nitrogens with one attached hydrogen (secondary N) is 4. The number of unbranched alkanes of at least 4 members (excludes halogenated alkanes) is 2. The van der Waals surface area contributed by atoms with Crippen LogP contribution in [-0.2, 0) is 30.4 Å². The first-order valence-corrected chi connectivity index (χ1v) is 15.2. The maximum absolute atomic E-state index is 13.3. The molecule has 1 heterocycles. The quantitative estimate of drug-likeness (QED) is 0.133. The lowest BCUT2D eigenvalue weighted by atomic mass is 9.88. The van der Waals surface area contributed by atoms with E-state index in [1.165, 1.54) is 12.2 Å². The summed E-state index contributed by atoms with van der Waals surface area (Å²) < 4.78 is 0. The number of rotatable bonds is 17. The highest BCUT2D eigenvalue weighted by atomic mass is 16.2. The zero-order valence-corrected chi connectivity index (χ0v) is 26.5. The lowest BCUT2D eigenvalue weighted by molar-refractivity contribution is -0.137. The first kappa shape index (κ1) is 36.0. The van der Waals surface area contributed by atoms with Gasteiger partial charge in [-0.3, -0.25) is 28.9 Å². The lowest BCUT2D eigenvalue weighted by Crippen LogP contribution is -2.54. The Balaban J connectivity index is 1.95. The van der Waals surface area contributed by atoms with Crippen molar-refractivity contribution >= 4 is 41.3 Å². The predicted molar refractivity (Wildman–Crippen MR) is 168 cm³/mol. The molecule has 0 saturated heterocycles.